The topological polar surface area (TPSA) is 284 Å². The zero-order valence-electron chi connectivity index (χ0n) is 57.2. The molecule has 0 spiro atoms. The highest BCUT2D eigenvalue weighted by Gasteiger charge is 2.00. The quantitative estimate of drug-likeness (QED) is 0.0237. The Morgan fingerprint density at radius 2 is 0.465 bits per heavy atom. The van der Waals surface area contributed by atoms with E-state index in [2.05, 4.69) is 70.0 Å². The Kier molecular flexibility index (Phi) is 98.7. The van der Waals surface area contributed by atoms with Crippen LogP contribution >= 0.6 is 0 Å². The van der Waals surface area contributed by atoms with E-state index >= 15 is 0 Å². The number of carbonyl (C=O) groups is 8. The van der Waals surface area contributed by atoms with Crippen LogP contribution in [0, 0.1) is 17.8 Å². The van der Waals surface area contributed by atoms with Gasteiger partial charge in [-0.05, 0) is 101 Å². The van der Waals surface area contributed by atoms with Crippen molar-refractivity contribution in [1.29, 1.82) is 0 Å². The number of hydrogen-bond donors (Lipinski definition) is 0. The number of esters is 8. The minimum Gasteiger partial charge on any atom is -0.466 e. The number of unbranched alkanes of at least 4 members (excludes halogenated alkanes) is 5. The van der Waals surface area contributed by atoms with E-state index < -0.39 is 0 Å². The molecular formula is C62H124O24. The van der Waals surface area contributed by atoms with Crippen LogP contribution in [0.3, 0.4) is 0 Å². The van der Waals surface area contributed by atoms with Crippen molar-refractivity contribution in [3.63, 3.8) is 0 Å². The zero-order valence-corrected chi connectivity index (χ0v) is 57.2. The van der Waals surface area contributed by atoms with Crippen LogP contribution < -0.4 is 0 Å². The first kappa shape index (κ1) is 97.7. The van der Waals surface area contributed by atoms with Gasteiger partial charge in [-0.1, -0.05) is 48.0 Å². The molecule has 24 nitrogen and oxygen atoms in total. The number of rotatable bonds is 43. The first-order valence-corrected chi connectivity index (χ1v) is 30.0. The van der Waals surface area contributed by atoms with Gasteiger partial charge in [0.05, 0.1) is 46.2 Å². The molecule has 0 rings (SSSR count). The normalized spacial score (nSPS) is 9.79. The standard InChI is InChI=1S/C12H24O3.C10H20O3.2C9H18O3.C7H14O3.C6H12O3.C5H10O3.C4H8O3/c1-11(2)7-6-9-14-8-4-5-10-15-12(3)13;1-9(2)5-4-6-12-7-8-13-10(3)11;1-8(2)5-4-6-11-7-12-9(3)10;1-9(10)12-8-6-4-3-5-7-11-2;1-7(8)10-6-4-3-5-9-2;1-6(7)9-5-3-4-8-2;1-5(6)8-4-3-7-2;1-4(5)7-3-6-2/h11H,4-10H2,1-3H3;9H,4-8H2,1-3H3;8H,4-7H2,1-3H3;3-8H2,1-2H3;3-6H2,1-2H3;3-5H2,1-2H3;3-4H2,1-2H3;3H2,1-2H3. The highest BCUT2D eigenvalue weighted by molar-refractivity contribution is 5.67. The molecule has 0 saturated heterocycles. The van der Waals surface area contributed by atoms with Crippen LogP contribution in [0.2, 0.25) is 0 Å². The van der Waals surface area contributed by atoms with Gasteiger partial charge < -0.3 is 75.8 Å². The highest BCUT2D eigenvalue weighted by atomic mass is 16.7. The average molecular weight is 1250 g/mol. The monoisotopic (exact) mass is 1250 g/mol. The van der Waals surface area contributed by atoms with Gasteiger partial charge in [0, 0.05) is 137 Å². The molecule has 0 saturated carbocycles. The van der Waals surface area contributed by atoms with Crippen molar-refractivity contribution >= 4 is 47.8 Å². The molecule has 0 aromatic heterocycles. The number of methoxy groups -OCH3 is 5. The van der Waals surface area contributed by atoms with Crippen LogP contribution in [0.25, 0.3) is 0 Å². The number of ether oxygens (including phenoxy) is 16. The maximum atomic E-state index is 10.4. The van der Waals surface area contributed by atoms with Crippen molar-refractivity contribution in [1.82, 2.24) is 0 Å². The van der Waals surface area contributed by atoms with Crippen molar-refractivity contribution < 1.29 is 114 Å². The summed E-state index contributed by atoms with van der Waals surface area (Å²) in [5.74, 6) is 0.258. The molecular weight excluding hydrogens is 1130 g/mol. The predicted octanol–water partition coefficient (Wildman–Crippen LogP) is 10.4. The molecule has 0 N–H and O–H groups in total. The van der Waals surface area contributed by atoms with Crippen molar-refractivity contribution in [2.75, 3.05) is 148 Å². The third-order valence-electron chi connectivity index (χ3n) is 9.44. The minimum atomic E-state index is -0.318. The molecule has 0 aliphatic rings. The Morgan fingerprint density at radius 1 is 0.221 bits per heavy atom. The highest BCUT2D eigenvalue weighted by Crippen LogP contribution is 2.05. The lowest BCUT2D eigenvalue weighted by atomic mass is 10.1. The van der Waals surface area contributed by atoms with Crippen molar-refractivity contribution in [3.8, 4) is 0 Å². The van der Waals surface area contributed by atoms with Gasteiger partial charge in [0.1, 0.15) is 13.2 Å². The van der Waals surface area contributed by atoms with E-state index in [-0.39, 0.29) is 61.3 Å². The third kappa shape index (κ3) is 148. The van der Waals surface area contributed by atoms with Gasteiger partial charge in [-0.15, -0.1) is 0 Å². The summed E-state index contributed by atoms with van der Waals surface area (Å²) in [6.07, 6.45) is 15.6. The summed E-state index contributed by atoms with van der Waals surface area (Å²) in [6, 6.07) is 0. The molecule has 86 heavy (non-hydrogen) atoms. The molecule has 0 amide bonds. The average Bonchev–Trinajstić information content (AvgIpc) is 3.42. The van der Waals surface area contributed by atoms with Crippen molar-refractivity contribution in [2.24, 2.45) is 17.8 Å². The zero-order chi connectivity index (χ0) is 67.3. The second-order valence-electron chi connectivity index (χ2n) is 19.7. The number of hydrogen-bond acceptors (Lipinski definition) is 24. The molecule has 0 fully saturated rings. The lowest BCUT2D eigenvalue weighted by Crippen LogP contribution is -2.08. The third-order valence-corrected chi connectivity index (χ3v) is 9.44. The first-order chi connectivity index (χ1) is 40.7. The van der Waals surface area contributed by atoms with E-state index in [1.807, 2.05) is 0 Å². The van der Waals surface area contributed by atoms with Gasteiger partial charge in [0.15, 0.2) is 13.6 Å². The van der Waals surface area contributed by atoms with Gasteiger partial charge in [0.25, 0.3) is 0 Å². The molecule has 24 heteroatoms. The van der Waals surface area contributed by atoms with Crippen molar-refractivity contribution in [2.45, 2.75) is 193 Å². The molecule has 0 aromatic carbocycles. The largest absolute Gasteiger partial charge is 0.466 e. The molecule has 0 heterocycles. The summed E-state index contributed by atoms with van der Waals surface area (Å²) < 4.78 is 76.3. The molecule has 0 atom stereocenters. The summed E-state index contributed by atoms with van der Waals surface area (Å²) in [7, 11) is 8.00. The van der Waals surface area contributed by atoms with Gasteiger partial charge >= 0.3 is 47.8 Å². The minimum absolute atomic E-state index is 0.0509. The Morgan fingerprint density at radius 3 is 0.791 bits per heavy atom. The Balaban J connectivity index is -0.000000136. The van der Waals surface area contributed by atoms with Crippen LogP contribution in [0.5, 0.6) is 0 Å². The Labute approximate surface area is 519 Å². The van der Waals surface area contributed by atoms with E-state index in [1.54, 1.807) is 28.4 Å². The summed E-state index contributed by atoms with van der Waals surface area (Å²) >= 11 is 0. The molecule has 0 aromatic rings. The molecule has 0 radical (unpaired) electrons. The van der Waals surface area contributed by atoms with E-state index in [4.69, 9.17) is 47.4 Å². The van der Waals surface area contributed by atoms with Gasteiger partial charge in [0.2, 0.25) is 0 Å². The summed E-state index contributed by atoms with van der Waals surface area (Å²) in [5, 5.41) is 0. The smallest absolute Gasteiger partial charge is 0.304 e. The maximum absolute atomic E-state index is 10.4. The van der Waals surface area contributed by atoms with E-state index in [1.165, 1.54) is 75.3 Å². The second kappa shape index (κ2) is 86.9. The van der Waals surface area contributed by atoms with Gasteiger partial charge in [-0.25, -0.2) is 0 Å². The van der Waals surface area contributed by atoms with E-state index in [9.17, 15) is 38.4 Å². The van der Waals surface area contributed by atoms with Crippen molar-refractivity contribution in [3.05, 3.63) is 0 Å². The maximum Gasteiger partial charge on any atom is 0.304 e. The van der Waals surface area contributed by atoms with E-state index in [0.717, 1.165) is 128 Å². The fourth-order valence-electron chi connectivity index (χ4n) is 5.25. The molecule has 516 valence electrons. The van der Waals surface area contributed by atoms with Gasteiger partial charge in [-0.3, -0.25) is 38.4 Å². The van der Waals surface area contributed by atoms with Crippen LogP contribution in [0.1, 0.15) is 193 Å². The molecule has 0 unspecified atom stereocenters. The summed E-state index contributed by atoms with van der Waals surface area (Å²) in [6.45, 7) is 33.5. The van der Waals surface area contributed by atoms with Crippen LogP contribution in [-0.4, -0.2) is 196 Å². The molecule has 0 aliphatic carbocycles. The summed E-state index contributed by atoms with van der Waals surface area (Å²) in [4.78, 5) is 81.7. The van der Waals surface area contributed by atoms with Gasteiger partial charge in [-0.2, -0.15) is 0 Å². The first-order valence-electron chi connectivity index (χ1n) is 30.0. The van der Waals surface area contributed by atoms with E-state index in [0.29, 0.717) is 72.0 Å². The lowest BCUT2D eigenvalue weighted by Gasteiger charge is -2.06. The Hall–Kier alpha value is -4.56. The fourth-order valence-corrected chi connectivity index (χ4v) is 5.25. The fraction of sp³-hybridized carbons (Fsp3) is 0.871. The Bertz CT molecular complexity index is 1450. The summed E-state index contributed by atoms with van der Waals surface area (Å²) in [5.41, 5.74) is 0. The predicted molar refractivity (Wildman–Crippen MR) is 329 cm³/mol. The van der Waals surface area contributed by atoms with Crippen LogP contribution in [0.15, 0.2) is 0 Å². The van der Waals surface area contributed by atoms with Crippen LogP contribution in [0.4, 0.5) is 0 Å². The number of carbonyl (C=O) groups excluding carboxylic acids is 8. The van der Waals surface area contributed by atoms with Crippen LogP contribution in [-0.2, 0) is 114 Å². The lowest BCUT2D eigenvalue weighted by molar-refractivity contribution is -0.154. The molecule has 0 bridgehead atoms. The second-order valence-corrected chi connectivity index (χ2v) is 19.7. The molecule has 0 aliphatic heterocycles. The SMILES string of the molecule is CC(=O)OCCCCOCCCC(C)C.CC(=O)OCCOCCCC(C)C.CC(=O)OCOCCCC(C)C.COCCCCCCOC(C)=O.COCCCCOC(C)=O.COCCCOC(C)=O.COCCOC(C)=O.COCOC(C)=O.